The number of aryl methyl sites for hydroxylation is 1. The van der Waals surface area contributed by atoms with E-state index in [1.54, 1.807) is 0 Å². The van der Waals surface area contributed by atoms with Gasteiger partial charge < -0.3 is 15.6 Å². The van der Waals surface area contributed by atoms with Crippen molar-refractivity contribution in [2.75, 3.05) is 23.8 Å². The minimum absolute atomic E-state index is 0.507. The molecule has 1 aromatic heterocycles. The Kier molecular flexibility index (Phi) is 3.76. The summed E-state index contributed by atoms with van der Waals surface area (Å²) < 4.78 is 0. The van der Waals surface area contributed by atoms with Gasteiger partial charge in [0.1, 0.15) is 17.5 Å². The molecule has 3 rings (SSSR count). The van der Waals surface area contributed by atoms with Gasteiger partial charge in [0.25, 0.3) is 0 Å². The molecule has 2 aliphatic heterocycles. The van der Waals surface area contributed by atoms with Gasteiger partial charge in [-0.3, -0.25) is 0 Å². The molecule has 110 valence electrons. The number of rotatable bonds is 3. The monoisotopic (exact) mass is 276 g/mol. The summed E-state index contributed by atoms with van der Waals surface area (Å²) in [5, 5.41) is 3.60. The second-order valence-electron chi connectivity index (χ2n) is 5.94. The van der Waals surface area contributed by atoms with Crippen molar-refractivity contribution < 1.29 is 0 Å². The van der Waals surface area contributed by atoms with E-state index in [-0.39, 0.29) is 0 Å². The van der Waals surface area contributed by atoms with E-state index in [9.17, 15) is 0 Å². The Morgan fingerprint density at radius 3 is 2.75 bits per heavy atom. The number of nitrogens with one attached hydrogen (secondary N) is 2. The van der Waals surface area contributed by atoms with E-state index in [1.165, 1.54) is 38.8 Å². The predicted octanol–water partition coefficient (Wildman–Crippen LogP) is 1.42. The van der Waals surface area contributed by atoms with Crippen LogP contribution in [0.2, 0.25) is 0 Å². The fourth-order valence-electron chi connectivity index (χ4n) is 3.46. The summed E-state index contributed by atoms with van der Waals surface area (Å²) >= 11 is 0. The van der Waals surface area contributed by atoms with Crippen LogP contribution in [0.15, 0.2) is 0 Å². The van der Waals surface area contributed by atoms with Crippen LogP contribution < -0.4 is 16.6 Å². The van der Waals surface area contributed by atoms with Gasteiger partial charge in [-0.15, -0.1) is 0 Å². The number of hydrazine groups is 1. The topological polar surface area (TPSA) is 79.1 Å². The van der Waals surface area contributed by atoms with Crippen molar-refractivity contribution in [1.82, 2.24) is 14.9 Å². The molecule has 0 radical (unpaired) electrons. The molecule has 0 aliphatic carbocycles. The Morgan fingerprint density at radius 1 is 1.15 bits per heavy atom. The van der Waals surface area contributed by atoms with Crippen molar-refractivity contribution in [1.29, 1.82) is 0 Å². The van der Waals surface area contributed by atoms with Crippen molar-refractivity contribution in [3.8, 4) is 0 Å². The first kappa shape index (κ1) is 13.6. The highest BCUT2D eigenvalue weighted by Gasteiger charge is 2.31. The molecule has 2 fully saturated rings. The summed E-state index contributed by atoms with van der Waals surface area (Å²) in [6.07, 6.45) is 5.10. The number of aromatic nitrogens is 2. The van der Waals surface area contributed by atoms with E-state index < -0.39 is 0 Å². The second kappa shape index (κ2) is 5.54. The predicted molar refractivity (Wildman–Crippen MR) is 80.6 cm³/mol. The number of nitrogen functional groups attached to an aromatic ring is 1. The van der Waals surface area contributed by atoms with Crippen LogP contribution in [-0.4, -0.2) is 40.0 Å². The van der Waals surface area contributed by atoms with Crippen LogP contribution in [0, 0.1) is 13.8 Å². The Balaban J connectivity index is 1.73. The van der Waals surface area contributed by atoms with Gasteiger partial charge in [-0.2, -0.15) is 0 Å². The number of piperidine rings is 1. The highest BCUT2D eigenvalue weighted by molar-refractivity contribution is 5.57. The number of hydrogen-bond acceptors (Lipinski definition) is 6. The summed E-state index contributed by atoms with van der Waals surface area (Å²) in [5.41, 5.74) is 3.64. The number of hydrogen-bond donors (Lipinski definition) is 3. The van der Waals surface area contributed by atoms with Crippen molar-refractivity contribution in [2.45, 2.75) is 51.6 Å². The lowest BCUT2D eigenvalue weighted by Gasteiger charge is -2.35. The third-order valence-corrected chi connectivity index (χ3v) is 4.56. The summed E-state index contributed by atoms with van der Waals surface area (Å²) in [4.78, 5) is 11.5. The number of anilines is 2. The van der Waals surface area contributed by atoms with Crippen LogP contribution >= 0.6 is 0 Å². The summed E-state index contributed by atoms with van der Waals surface area (Å²) in [6, 6.07) is 1.27. The van der Waals surface area contributed by atoms with Crippen LogP contribution in [0.4, 0.5) is 11.6 Å². The summed E-state index contributed by atoms with van der Waals surface area (Å²) in [6.45, 7) is 6.38. The fraction of sp³-hybridized carbons (Fsp3) is 0.714. The van der Waals surface area contributed by atoms with Gasteiger partial charge in [0, 0.05) is 24.2 Å². The van der Waals surface area contributed by atoms with E-state index in [0.29, 0.717) is 11.9 Å². The molecule has 0 spiro atoms. The molecule has 0 amide bonds. The molecule has 0 saturated carbocycles. The molecule has 2 atom stereocenters. The second-order valence-corrected chi connectivity index (χ2v) is 5.94. The lowest BCUT2D eigenvalue weighted by atomic mass is 9.97. The summed E-state index contributed by atoms with van der Waals surface area (Å²) in [5.74, 6) is 7.88. The molecule has 2 saturated heterocycles. The van der Waals surface area contributed by atoms with Gasteiger partial charge in [-0.25, -0.2) is 15.8 Å². The highest BCUT2D eigenvalue weighted by atomic mass is 15.3. The molecule has 0 aromatic carbocycles. The van der Waals surface area contributed by atoms with Crippen molar-refractivity contribution in [2.24, 2.45) is 5.84 Å². The van der Waals surface area contributed by atoms with Crippen molar-refractivity contribution >= 4 is 11.6 Å². The Bertz CT molecular complexity index is 489. The maximum atomic E-state index is 5.52. The molecule has 3 heterocycles. The first-order chi connectivity index (χ1) is 9.67. The molecule has 2 aliphatic rings. The third-order valence-electron chi connectivity index (χ3n) is 4.56. The van der Waals surface area contributed by atoms with Crippen LogP contribution in [0.1, 0.15) is 37.1 Å². The van der Waals surface area contributed by atoms with E-state index in [0.717, 1.165) is 23.2 Å². The zero-order valence-corrected chi connectivity index (χ0v) is 12.3. The van der Waals surface area contributed by atoms with Gasteiger partial charge in [0.15, 0.2) is 0 Å². The smallest absolute Gasteiger partial charge is 0.148 e. The van der Waals surface area contributed by atoms with Crippen LogP contribution in [0.3, 0.4) is 0 Å². The minimum atomic E-state index is 0.507. The van der Waals surface area contributed by atoms with E-state index in [4.69, 9.17) is 5.84 Å². The van der Waals surface area contributed by atoms with Gasteiger partial charge in [-0.1, -0.05) is 0 Å². The molecule has 1 aromatic rings. The zero-order chi connectivity index (χ0) is 14.1. The normalized spacial score (nSPS) is 26.4. The van der Waals surface area contributed by atoms with Gasteiger partial charge >= 0.3 is 0 Å². The minimum Gasteiger partial charge on any atom is -0.367 e. The highest BCUT2D eigenvalue weighted by Crippen LogP contribution is 2.29. The molecule has 0 bridgehead atoms. The molecule has 6 nitrogen and oxygen atoms in total. The molecular weight excluding hydrogens is 252 g/mol. The molecule has 2 unspecified atom stereocenters. The molecule has 6 heteroatoms. The number of fused-ring (bicyclic) bond motifs is 1. The SMILES string of the molecule is Cc1nc(NN)c(C)c(NC2CCN3CCCC3C2)n1. The summed E-state index contributed by atoms with van der Waals surface area (Å²) in [7, 11) is 0. The van der Waals surface area contributed by atoms with Crippen LogP contribution in [0.5, 0.6) is 0 Å². The Morgan fingerprint density at radius 2 is 1.95 bits per heavy atom. The number of nitrogens with zero attached hydrogens (tertiary/aromatic N) is 3. The maximum Gasteiger partial charge on any atom is 0.148 e. The molecule has 20 heavy (non-hydrogen) atoms. The van der Waals surface area contributed by atoms with Crippen LogP contribution in [-0.2, 0) is 0 Å². The van der Waals surface area contributed by atoms with E-state index in [2.05, 4.69) is 25.6 Å². The van der Waals surface area contributed by atoms with E-state index >= 15 is 0 Å². The maximum absolute atomic E-state index is 5.52. The van der Waals surface area contributed by atoms with Crippen molar-refractivity contribution in [3.63, 3.8) is 0 Å². The van der Waals surface area contributed by atoms with Gasteiger partial charge in [0.2, 0.25) is 0 Å². The Hall–Kier alpha value is -1.40. The average molecular weight is 276 g/mol. The largest absolute Gasteiger partial charge is 0.367 e. The molecule has 4 N–H and O–H groups in total. The van der Waals surface area contributed by atoms with Gasteiger partial charge in [0.05, 0.1) is 0 Å². The lowest BCUT2D eigenvalue weighted by Crippen LogP contribution is -2.43. The zero-order valence-electron chi connectivity index (χ0n) is 12.3. The van der Waals surface area contributed by atoms with E-state index in [1.807, 2.05) is 13.8 Å². The first-order valence-electron chi connectivity index (χ1n) is 7.50. The fourth-order valence-corrected chi connectivity index (χ4v) is 3.46. The van der Waals surface area contributed by atoms with Crippen molar-refractivity contribution in [3.05, 3.63) is 11.4 Å². The lowest BCUT2D eigenvalue weighted by molar-refractivity contribution is 0.188. The molecular formula is C14H24N6. The van der Waals surface area contributed by atoms with Crippen LogP contribution in [0.25, 0.3) is 0 Å². The average Bonchev–Trinajstić information content (AvgIpc) is 2.90. The third kappa shape index (κ3) is 2.58. The standard InChI is InChI=1S/C14H24N6/c1-9-13(16-10(2)17-14(9)19-15)18-11-5-7-20-6-3-4-12(20)8-11/h11-12H,3-8,15H2,1-2H3,(H2,16,17,18,19). The quantitative estimate of drug-likeness (QED) is 0.572. The van der Waals surface area contributed by atoms with Gasteiger partial charge in [-0.05, 0) is 46.1 Å². The number of nitrogens with two attached hydrogens (primary N) is 1. The Labute approximate surface area is 120 Å². The first-order valence-corrected chi connectivity index (χ1v) is 7.50.